The first-order valence-corrected chi connectivity index (χ1v) is 7.39. The highest BCUT2D eigenvalue weighted by Gasteiger charge is 2.20. The van der Waals surface area contributed by atoms with E-state index in [4.69, 9.17) is 4.74 Å². The second-order valence-corrected chi connectivity index (χ2v) is 5.43. The number of hydrogen-bond donors (Lipinski definition) is 1. The van der Waals surface area contributed by atoms with Gasteiger partial charge < -0.3 is 15.0 Å². The molecular formula is C16H24N2O2. The highest BCUT2D eigenvalue weighted by molar-refractivity contribution is 5.92. The molecule has 1 saturated heterocycles. The number of benzene rings is 1. The number of ether oxygens (including phenoxy) is 1. The monoisotopic (exact) mass is 276 g/mol. The fourth-order valence-electron chi connectivity index (χ4n) is 2.58. The van der Waals surface area contributed by atoms with Crippen LogP contribution in [0.3, 0.4) is 0 Å². The van der Waals surface area contributed by atoms with Gasteiger partial charge >= 0.3 is 0 Å². The molecule has 1 aliphatic heterocycles. The number of carbonyl (C=O) groups excluding carboxylic acids is 1. The third-order valence-electron chi connectivity index (χ3n) is 3.77. The Hall–Kier alpha value is -1.55. The molecular weight excluding hydrogens is 252 g/mol. The minimum Gasteiger partial charge on any atom is -0.492 e. The Morgan fingerprint density at radius 1 is 1.35 bits per heavy atom. The standard InChI is InChI=1S/C16H24N2O2/c1-3-20-15-7-5-4-6-14(15)17-16(19)12-13-8-10-18(2)11-9-13/h4-7,13H,3,8-12H2,1-2H3,(H,17,19). The first kappa shape index (κ1) is 14.9. The molecule has 0 unspecified atom stereocenters. The van der Waals surface area contributed by atoms with Crippen molar-refractivity contribution in [3.05, 3.63) is 24.3 Å². The molecule has 0 atom stereocenters. The van der Waals surface area contributed by atoms with E-state index < -0.39 is 0 Å². The van der Waals surface area contributed by atoms with Crippen molar-refractivity contribution in [1.82, 2.24) is 4.90 Å². The number of nitrogens with zero attached hydrogens (tertiary/aromatic N) is 1. The fraction of sp³-hybridized carbons (Fsp3) is 0.562. The summed E-state index contributed by atoms with van der Waals surface area (Å²) in [5.41, 5.74) is 0.771. The van der Waals surface area contributed by atoms with Crippen LogP contribution in [0.15, 0.2) is 24.3 Å². The van der Waals surface area contributed by atoms with Gasteiger partial charge in [-0.25, -0.2) is 0 Å². The lowest BCUT2D eigenvalue weighted by molar-refractivity contribution is -0.117. The molecule has 110 valence electrons. The molecule has 2 rings (SSSR count). The maximum absolute atomic E-state index is 12.1. The van der Waals surface area contributed by atoms with Crippen LogP contribution in [0.4, 0.5) is 5.69 Å². The van der Waals surface area contributed by atoms with E-state index in [0.717, 1.165) is 37.4 Å². The van der Waals surface area contributed by atoms with Gasteiger partial charge in [0.15, 0.2) is 0 Å². The number of para-hydroxylation sites is 2. The molecule has 0 saturated carbocycles. The zero-order chi connectivity index (χ0) is 14.4. The van der Waals surface area contributed by atoms with Crippen molar-refractivity contribution < 1.29 is 9.53 Å². The summed E-state index contributed by atoms with van der Waals surface area (Å²) in [5, 5.41) is 2.98. The van der Waals surface area contributed by atoms with E-state index in [9.17, 15) is 4.79 Å². The molecule has 0 bridgehead atoms. The van der Waals surface area contributed by atoms with Crippen molar-refractivity contribution in [3.8, 4) is 5.75 Å². The molecule has 1 amide bonds. The molecule has 4 nitrogen and oxygen atoms in total. The maximum atomic E-state index is 12.1. The van der Waals surface area contributed by atoms with E-state index >= 15 is 0 Å². The predicted molar refractivity (Wildman–Crippen MR) is 81.1 cm³/mol. The van der Waals surface area contributed by atoms with E-state index in [1.807, 2.05) is 31.2 Å². The first-order chi connectivity index (χ1) is 9.69. The van der Waals surface area contributed by atoms with Gasteiger partial charge in [-0.2, -0.15) is 0 Å². The average molecular weight is 276 g/mol. The Bertz CT molecular complexity index is 440. The molecule has 1 aliphatic rings. The SMILES string of the molecule is CCOc1ccccc1NC(=O)CC1CCN(C)CC1. The van der Waals surface area contributed by atoms with Crippen LogP contribution in [0.5, 0.6) is 5.75 Å². The Kier molecular flexibility index (Phi) is 5.41. The Balaban J connectivity index is 1.88. The molecule has 0 aromatic heterocycles. The van der Waals surface area contributed by atoms with Gasteiger partial charge in [-0.1, -0.05) is 12.1 Å². The third kappa shape index (κ3) is 4.23. The van der Waals surface area contributed by atoms with Crippen LogP contribution in [-0.2, 0) is 4.79 Å². The smallest absolute Gasteiger partial charge is 0.224 e. The van der Waals surface area contributed by atoms with E-state index in [1.54, 1.807) is 0 Å². The van der Waals surface area contributed by atoms with Gasteiger partial charge in [-0.3, -0.25) is 4.79 Å². The minimum absolute atomic E-state index is 0.0895. The molecule has 4 heteroatoms. The third-order valence-corrected chi connectivity index (χ3v) is 3.77. The lowest BCUT2D eigenvalue weighted by Gasteiger charge is -2.28. The molecule has 1 heterocycles. The topological polar surface area (TPSA) is 41.6 Å². The Morgan fingerprint density at radius 3 is 2.75 bits per heavy atom. The van der Waals surface area contributed by atoms with Crippen LogP contribution in [0, 0.1) is 5.92 Å². The predicted octanol–water partition coefficient (Wildman–Crippen LogP) is 2.76. The Morgan fingerprint density at radius 2 is 2.05 bits per heavy atom. The Labute approximate surface area is 121 Å². The highest BCUT2D eigenvalue weighted by atomic mass is 16.5. The zero-order valence-corrected chi connectivity index (χ0v) is 12.4. The summed E-state index contributed by atoms with van der Waals surface area (Å²) in [6, 6.07) is 7.59. The van der Waals surface area contributed by atoms with Gasteiger partial charge in [0.05, 0.1) is 12.3 Å². The van der Waals surface area contributed by atoms with E-state index in [2.05, 4.69) is 17.3 Å². The number of rotatable bonds is 5. The maximum Gasteiger partial charge on any atom is 0.224 e. The van der Waals surface area contributed by atoms with Gasteiger partial charge in [0, 0.05) is 6.42 Å². The largest absolute Gasteiger partial charge is 0.492 e. The van der Waals surface area contributed by atoms with Gasteiger partial charge in [0.25, 0.3) is 0 Å². The number of hydrogen-bond acceptors (Lipinski definition) is 3. The molecule has 0 aliphatic carbocycles. The van der Waals surface area contributed by atoms with Gasteiger partial charge in [-0.05, 0) is 58.0 Å². The van der Waals surface area contributed by atoms with Gasteiger partial charge in [-0.15, -0.1) is 0 Å². The molecule has 20 heavy (non-hydrogen) atoms. The summed E-state index contributed by atoms with van der Waals surface area (Å²) < 4.78 is 5.52. The van der Waals surface area contributed by atoms with Gasteiger partial charge in [0.2, 0.25) is 5.91 Å². The number of likely N-dealkylation sites (tertiary alicyclic amines) is 1. The molecule has 1 fully saturated rings. The summed E-state index contributed by atoms with van der Waals surface area (Å²) in [7, 11) is 2.13. The van der Waals surface area contributed by atoms with Crippen LogP contribution < -0.4 is 10.1 Å². The van der Waals surface area contributed by atoms with Crippen LogP contribution in [0.2, 0.25) is 0 Å². The molecule has 1 aromatic carbocycles. The number of piperidine rings is 1. The molecule has 0 spiro atoms. The number of carbonyl (C=O) groups is 1. The summed E-state index contributed by atoms with van der Waals surface area (Å²) >= 11 is 0. The van der Waals surface area contributed by atoms with Gasteiger partial charge in [0.1, 0.15) is 5.75 Å². The van der Waals surface area contributed by atoms with Crippen molar-refractivity contribution in [2.45, 2.75) is 26.2 Å². The zero-order valence-electron chi connectivity index (χ0n) is 12.4. The van der Waals surface area contributed by atoms with Crippen LogP contribution in [-0.4, -0.2) is 37.6 Å². The van der Waals surface area contributed by atoms with Crippen LogP contribution in [0.25, 0.3) is 0 Å². The van der Waals surface area contributed by atoms with E-state index in [0.29, 0.717) is 18.9 Å². The second-order valence-electron chi connectivity index (χ2n) is 5.43. The summed E-state index contributed by atoms with van der Waals surface area (Å²) in [6.07, 6.45) is 2.82. The molecule has 0 radical (unpaired) electrons. The molecule has 1 aromatic rings. The van der Waals surface area contributed by atoms with Crippen molar-refractivity contribution >= 4 is 11.6 Å². The lowest BCUT2D eigenvalue weighted by Crippen LogP contribution is -2.31. The fourth-order valence-corrected chi connectivity index (χ4v) is 2.58. The summed E-state index contributed by atoms with van der Waals surface area (Å²) in [4.78, 5) is 14.5. The second kappa shape index (κ2) is 7.29. The first-order valence-electron chi connectivity index (χ1n) is 7.39. The van der Waals surface area contributed by atoms with Crippen molar-refractivity contribution in [3.63, 3.8) is 0 Å². The van der Waals surface area contributed by atoms with Crippen LogP contribution >= 0.6 is 0 Å². The number of anilines is 1. The van der Waals surface area contributed by atoms with E-state index in [-0.39, 0.29) is 5.91 Å². The van der Waals surface area contributed by atoms with Crippen LogP contribution in [0.1, 0.15) is 26.2 Å². The number of nitrogens with one attached hydrogen (secondary N) is 1. The molecule has 1 N–H and O–H groups in total. The summed E-state index contributed by atoms with van der Waals surface area (Å²) in [5.74, 6) is 1.34. The minimum atomic E-state index is 0.0895. The lowest BCUT2D eigenvalue weighted by atomic mass is 9.93. The average Bonchev–Trinajstić information content (AvgIpc) is 2.44. The normalized spacial score (nSPS) is 16.9. The quantitative estimate of drug-likeness (QED) is 0.899. The van der Waals surface area contributed by atoms with Crippen molar-refractivity contribution in [2.24, 2.45) is 5.92 Å². The van der Waals surface area contributed by atoms with E-state index in [1.165, 1.54) is 0 Å². The van der Waals surface area contributed by atoms with Crippen molar-refractivity contribution in [1.29, 1.82) is 0 Å². The highest BCUT2D eigenvalue weighted by Crippen LogP contribution is 2.25. The number of amides is 1. The van der Waals surface area contributed by atoms with Crippen molar-refractivity contribution in [2.75, 3.05) is 32.1 Å². The summed E-state index contributed by atoms with van der Waals surface area (Å²) in [6.45, 7) is 4.72.